The van der Waals surface area contributed by atoms with Crippen molar-refractivity contribution in [3.05, 3.63) is 17.7 Å². The van der Waals surface area contributed by atoms with Crippen molar-refractivity contribution in [3.63, 3.8) is 0 Å². The van der Waals surface area contributed by atoms with Crippen LogP contribution >= 0.6 is 0 Å². The number of aliphatic hydroxyl groups is 1. The summed E-state index contributed by atoms with van der Waals surface area (Å²) < 4.78 is 16.2. The molecule has 1 aromatic rings. The largest absolute Gasteiger partial charge is 0.493 e. The number of unbranched alkanes of at least 4 members (excludes halogenated alkanes) is 2. The first-order valence-electron chi connectivity index (χ1n) is 11.2. The van der Waals surface area contributed by atoms with Crippen molar-refractivity contribution in [1.29, 1.82) is 0 Å². The van der Waals surface area contributed by atoms with Crippen LogP contribution in [0, 0.1) is 0 Å². The van der Waals surface area contributed by atoms with E-state index in [-0.39, 0.29) is 24.5 Å². The number of ether oxygens (including phenoxy) is 3. The number of likely N-dealkylation sites (tertiary alicyclic amines) is 1. The van der Waals surface area contributed by atoms with Gasteiger partial charge in [-0.2, -0.15) is 0 Å². The minimum Gasteiger partial charge on any atom is -0.493 e. The van der Waals surface area contributed by atoms with Crippen molar-refractivity contribution in [2.24, 2.45) is 0 Å². The molecule has 1 aliphatic heterocycles. The Bertz CT molecular complexity index is 722. The van der Waals surface area contributed by atoms with Gasteiger partial charge in [0.15, 0.2) is 11.5 Å². The maximum absolute atomic E-state index is 13.1. The Labute approximate surface area is 184 Å². The van der Waals surface area contributed by atoms with Crippen molar-refractivity contribution < 1.29 is 28.9 Å². The molecule has 31 heavy (non-hydrogen) atoms. The van der Waals surface area contributed by atoms with Gasteiger partial charge in [0.1, 0.15) is 0 Å². The number of nitrogens with two attached hydrogens (primary N) is 1. The summed E-state index contributed by atoms with van der Waals surface area (Å²) in [6.07, 6.45) is 6.24. The van der Waals surface area contributed by atoms with E-state index in [1.54, 1.807) is 19.1 Å². The summed E-state index contributed by atoms with van der Waals surface area (Å²) in [4.78, 5) is 26.3. The van der Waals surface area contributed by atoms with Crippen LogP contribution in [0.15, 0.2) is 12.1 Å². The predicted molar refractivity (Wildman–Crippen MR) is 118 cm³/mol. The molecule has 1 amide bonds. The summed E-state index contributed by atoms with van der Waals surface area (Å²) in [7, 11) is 1.53. The number of nitrogens with zero attached hydrogens (tertiary/aromatic N) is 1. The number of esters is 1. The standard InChI is InChI=1S/C23H36N2O6/c1-3-30-22(27)10-5-4-8-14-31-21-16-19(24)18(15-20(21)29-2)23(28)25-12-7-6-9-17(25)11-13-26/h15-17,26H,3-14,24H2,1-2H3/t17-/m0/s1. The Morgan fingerprint density at radius 1 is 1.19 bits per heavy atom. The molecule has 2 rings (SSSR count). The fraction of sp³-hybridized carbons (Fsp3) is 0.652. The van der Waals surface area contributed by atoms with Gasteiger partial charge in [-0.15, -0.1) is 0 Å². The highest BCUT2D eigenvalue weighted by molar-refractivity contribution is 6.00. The molecule has 1 atom stereocenters. The Kier molecular flexibility index (Phi) is 10.4. The molecule has 1 aromatic carbocycles. The van der Waals surface area contributed by atoms with Crippen molar-refractivity contribution in [2.45, 2.75) is 64.3 Å². The monoisotopic (exact) mass is 436 g/mol. The highest BCUT2D eigenvalue weighted by Crippen LogP contribution is 2.34. The normalized spacial score (nSPS) is 16.1. The molecule has 0 aromatic heterocycles. The number of benzene rings is 1. The molecule has 0 saturated carbocycles. The van der Waals surface area contributed by atoms with Crippen molar-refractivity contribution in [2.75, 3.05) is 39.2 Å². The molecule has 1 heterocycles. The van der Waals surface area contributed by atoms with Crippen molar-refractivity contribution in [3.8, 4) is 11.5 Å². The second-order valence-electron chi connectivity index (χ2n) is 7.71. The number of amides is 1. The molecule has 0 bridgehead atoms. The maximum atomic E-state index is 13.1. The average molecular weight is 437 g/mol. The van der Waals surface area contributed by atoms with Gasteiger partial charge in [-0.25, -0.2) is 0 Å². The molecular weight excluding hydrogens is 400 g/mol. The third-order valence-electron chi connectivity index (χ3n) is 5.50. The SMILES string of the molecule is CCOC(=O)CCCCCOc1cc(N)c(C(=O)N2CCCC[C@H]2CCO)cc1OC. The van der Waals surface area contributed by atoms with Crippen LogP contribution in [0.1, 0.15) is 68.6 Å². The number of hydrogen-bond donors (Lipinski definition) is 2. The molecule has 0 aliphatic carbocycles. The second kappa shape index (κ2) is 13.0. The lowest BCUT2D eigenvalue weighted by atomic mass is 9.98. The van der Waals surface area contributed by atoms with Gasteiger partial charge >= 0.3 is 5.97 Å². The van der Waals surface area contributed by atoms with Gasteiger partial charge in [0.05, 0.1) is 25.9 Å². The number of hydrogen-bond acceptors (Lipinski definition) is 7. The lowest BCUT2D eigenvalue weighted by molar-refractivity contribution is -0.143. The first-order valence-corrected chi connectivity index (χ1v) is 11.2. The van der Waals surface area contributed by atoms with E-state index in [2.05, 4.69) is 0 Å². The molecule has 174 valence electrons. The number of nitrogen functional groups attached to an aromatic ring is 1. The zero-order chi connectivity index (χ0) is 22.6. The minimum absolute atomic E-state index is 0.0298. The molecule has 0 unspecified atom stereocenters. The highest BCUT2D eigenvalue weighted by Gasteiger charge is 2.29. The summed E-state index contributed by atoms with van der Waals surface area (Å²) in [6, 6.07) is 3.30. The molecule has 1 fully saturated rings. The number of anilines is 1. The molecule has 0 radical (unpaired) electrons. The number of piperidine rings is 1. The Morgan fingerprint density at radius 3 is 2.71 bits per heavy atom. The zero-order valence-corrected chi connectivity index (χ0v) is 18.7. The van der Waals surface area contributed by atoms with Crippen LogP contribution in [0.2, 0.25) is 0 Å². The Balaban J connectivity index is 1.96. The number of rotatable bonds is 12. The van der Waals surface area contributed by atoms with Crippen LogP contribution < -0.4 is 15.2 Å². The van der Waals surface area contributed by atoms with E-state index >= 15 is 0 Å². The molecular formula is C23H36N2O6. The third kappa shape index (κ3) is 7.31. The van der Waals surface area contributed by atoms with E-state index in [0.29, 0.717) is 55.4 Å². The Hall–Kier alpha value is -2.48. The summed E-state index contributed by atoms with van der Waals surface area (Å²) in [5.41, 5.74) is 6.94. The summed E-state index contributed by atoms with van der Waals surface area (Å²) in [5, 5.41) is 9.33. The summed E-state index contributed by atoms with van der Waals surface area (Å²) in [5.74, 6) is 0.639. The van der Waals surface area contributed by atoms with Gasteiger partial charge in [0.25, 0.3) is 5.91 Å². The quantitative estimate of drug-likeness (QED) is 0.294. The van der Waals surface area contributed by atoms with Crippen LogP contribution in [0.4, 0.5) is 5.69 Å². The van der Waals surface area contributed by atoms with E-state index in [9.17, 15) is 14.7 Å². The minimum atomic E-state index is -0.173. The maximum Gasteiger partial charge on any atom is 0.305 e. The zero-order valence-electron chi connectivity index (χ0n) is 18.7. The Morgan fingerprint density at radius 2 is 2.00 bits per heavy atom. The van der Waals surface area contributed by atoms with Gasteiger partial charge < -0.3 is 30.0 Å². The molecule has 3 N–H and O–H groups in total. The van der Waals surface area contributed by atoms with Crippen molar-refractivity contribution in [1.82, 2.24) is 4.90 Å². The molecule has 1 aliphatic rings. The molecule has 8 nitrogen and oxygen atoms in total. The van der Waals surface area contributed by atoms with E-state index in [1.807, 2.05) is 4.90 Å². The molecule has 8 heteroatoms. The fourth-order valence-corrected chi connectivity index (χ4v) is 3.87. The topological polar surface area (TPSA) is 111 Å². The van der Waals surface area contributed by atoms with Crippen LogP contribution in [0.3, 0.4) is 0 Å². The number of carbonyl (C=O) groups is 2. The molecule has 1 saturated heterocycles. The van der Waals surface area contributed by atoms with Gasteiger partial charge in [0.2, 0.25) is 0 Å². The molecule has 0 spiro atoms. The van der Waals surface area contributed by atoms with Gasteiger partial charge in [-0.3, -0.25) is 9.59 Å². The van der Waals surface area contributed by atoms with E-state index in [0.717, 1.165) is 38.5 Å². The third-order valence-corrected chi connectivity index (χ3v) is 5.50. The lowest BCUT2D eigenvalue weighted by Crippen LogP contribution is -2.44. The van der Waals surface area contributed by atoms with E-state index in [1.165, 1.54) is 7.11 Å². The van der Waals surface area contributed by atoms with Gasteiger partial charge in [-0.1, -0.05) is 0 Å². The number of methoxy groups -OCH3 is 1. The second-order valence-corrected chi connectivity index (χ2v) is 7.71. The van der Waals surface area contributed by atoms with Crippen LogP contribution in [-0.4, -0.2) is 61.4 Å². The summed E-state index contributed by atoms with van der Waals surface area (Å²) in [6.45, 7) is 3.37. The highest BCUT2D eigenvalue weighted by atomic mass is 16.5. The number of aliphatic hydroxyl groups excluding tert-OH is 1. The van der Waals surface area contributed by atoms with Gasteiger partial charge in [-0.05, 0) is 57.9 Å². The summed E-state index contributed by atoms with van der Waals surface area (Å²) >= 11 is 0. The van der Waals surface area contributed by atoms with Crippen molar-refractivity contribution >= 4 is 17.6 Å². The predicted octanol–water partition coefficient (Wildman–Crippen LogP) is 3.16. The fourth-order valence-electron chi connectivity index (χ4n) is 3.87. The van der Waals surface area contributed by atoms with E-state index in [4.69, 9.17) is 19.9 Å². The van der Waals surface area contributed by atoms with Crippen LogP contribution in [-0.2, 0) is 9.53 Å². The van der Waals surface area contributed by atoms with Gasteiger partial charge in [0, 0.05) is 37.4 Å². The van der Waals surface area contributed by atoms with E-state index < -0.39 is 0 Å². The van der Waals surface area contributed by atoms with Crippen LogP contribution in [0.25, 0.3) is 0 Å². The number of carbonyl (C=O) groups excluding carboxylic acids is 2. The van der Waals surface area contributed by atoms with Crippen LogP contribution in [0.5, 0.6) is 11.5 Å². The first kappa shape index (κ1) is 24.8. The first-order chi connectivity index (χ1) is 15.0. The lowest BCUT2D eigenvalue weighted by Gasteiger charge is -2.36. The smallest absolute Gasteiger partial charge is 0.305 e. The average Bonchev–Trinajstić information content (AvgIpc) is 2.76.